The van der Waals surface area contributed by atoms with E-state index in [2.05, 4.69) is 38.9 Å². The van der Waals surface area contributed by atoms with Gasteiger partial charge in [-0.15, -0.1) is 10.2 Å². The molecule has 3 rings (SSSR count). The van der Waals surface area contributed by atoms with E-state index in [1.165, 1.54) is 11.8 Å². The van der Waals surface area contributed by atoms with Crippen molar-refractivity contribution in [3.05, 3.63) is 54.4 Å². The maximum atomic E-state index is 12.5. The maximum Gasteiger partial charge on any atom is 0.234 e. The molecule has 7 heteroatoms. The zero-order valence-corrected chi connectivity index (χ0v) is 17.1. The Kier molecular flexibility index (Phi) is 7.19. The zero-order valence-electron chi connectivity index (χ0n) is 16.3. The number of nitrogens with one attached hydrogen (secondary N) is 1. The molecule has 0 aliphatic heterocycles. The van der Waals surface area contributed by atoms with Crippen LogP contribution in [0.5, 0.6) is 0 Å². The van der Waals surface area contributed by atoms with Crippen LogP contribution >= 0.6 is 11.8 Å². The first-order valence-electron chi connectivity index (χ1n) is 9.57. The summed E-state index contributed by atoms with van der Waals surface area (Å²) >= 11 is 1.41. The highest BCUT2D eigenvalue weighted by Crippen LogP contribution is 2.24. The predicted molar refractivity (Wildman–Crippen MR) is 113 cm³/mol. The van der Waals surface area contributed by atoms with Gasteiger partial charge < -0.3 is 9.88 Å². The average Bonchev–Trinajstić information content (AvgIpc) is 3.14. The third kappa shape index (κ3) is 4.98. The van der Waals surface area contributed by atoms with E-state index in [1.807, 2.05) is 36.4 Å². The Morgan fingerprint density at radius 2 is 2.00 bits per heavy atom. The van der Waals surface area contributed by atoms with Gasteiger partial charge >= 0.3 is 0 Å². The number of anilines is 1. The highest BCUT2D eigenvalue weighted by molar-refractivity contribution is 7.99. The number of unbranched alkanes of at least 4 members (excludes halogenated alkanes) is 1. The monoisotopic (exact) mass is 395 g/mol. The van der Waals surface area contributed by atoms with E-state index in [9.17, 15) is 4.79 Å². The minimum absolute atomic E-state index is 0.0427. The van der Waals surface area contributed by atoms with E-state index in [0.717, 1.165) is 53.6 Å². The third-order valence-electron chi connectivity index (χ3n) is 4.38. The Hall–Kier alpha value is -2.67. The highest BCUT2D eigenvalue weighted by Gasteiger charge is 2.16. The molecule has 2 aromatic heterocycles. The number of aryl methyl sites for hydroxylation is 1. The molecular weight excluding hydrogens is 370 g/mol. The van der Waals surface area contributed by atoms with Gasteiger partial charge in [-0.05, 0) is 36.6 Å². The van der Waals surface area contributed by atoms with E-state index in [0.29, 0.717) is 0 Å². The van der Waals surface area contributed by atoms with E-state index in [-0.39, 0.29) is 11.7 Å². The van der Waals surface area contributed by atoms with Crippen LogP contribution < -0.4 is 5.32 Å². The summed E-state index contributed by atoms with van der Waals surface area (Å²) in [5.41, 5.74) is 2.93. The van der Waals surface area contributed by atoms with Gasteiger partial charge in [-0.25, -0.2) is 0 Å². The van der Waals surface area contributed by atoms with Crippen molar-refractivity contribution in [3.63, 3.8) is 0 Å². The number of carbonyl (C=O) groups is 1. The molecule has 3 aromatic rings. The molecule has 0 radical (unpaired) electrons. The summed E-state index contributed by atoms with van der Waals surface area (Å²) in [4.78, 5) is 16.6. The van der Waals surface area contributed by atoms with Gasteiger partial charge in [-0.2, -0.15) is 0 Å². The molecule has 6 nitrogen and oxygen atoms in total. The average molecular weight is 396 g/mol. The van der Waals surface area contributed by atoms with Crippen molar-refractivity contribution < 1.29 is 4.79 Å². The van der Waals surface area contributed by atoms with Crippen LogP contribution in [0.3, 0.4) is 0 Å². The molecular formula is C21H25N5OS. The molecule has 0 saturated heterocycles. The SMILES string of the molecule is CCCCn1c(SCC(=O)Nc2ccccc2CC)nnc1-c1cccnc1. The molecule has 28 heavy (non-hydrogen) atoms. The molecule has 146 valence electrons. The van der Waals surface area contributed by atoms with Crippen LogP contribution in [-0.2, 0) is 17.8 Å². The van der Waals surface area contributed by atoms with Crippen molar-refractivity contribution in [2.24, 2.45) is 0 Å². The number of benzene rings is 1. The fourth-order valence-corrected chi connectivity index (χ4v) is 3.65. The summed E-state index contributed by atoms with van der Waals surface area (Å²) in [6.45, 7) is 5.05. The van der Waals surface area contributed by atoms with Crippen molar-refractivity contribution in [1.82, 2.24) is 19.7 Å². The third-order valence-corrected chi connectivity index (χ3v) is 5.34. The number of carbonyl (C=O) groups excluding carboxylic acids is 1. The van der Waals surface area contributed by atoms with Gasteiger partial charge in [0.15, 0.2) is 11.0 Å². The van der Waals surface area contributed by atoms with Crippen molar-refractivity contribution in [3.8, 4) is 11.4 Å². The molecule has 2 heterocycles. The van der Waals surface area contributed by atoms with E-state index in [1.54, 1.807) is 12.4 Å². The summed E-state index contributed by atoms with van der Waals surface area (Å²) in [5, 5.41) is 12.4. The molecule has 0 aliphatic rings. The first kappa shape index (κ1) is 20.1. The summed E-state index contributed by atoms with van der Waals surface area (Å²) in [6, 6.07) is 11.8. The number of thioether (sulfide) groups is 1. The second kappa shape index (κ2) is 10.0. The number of amides is 1. The summed E-state index contributed by atoms with van der Waals surface area (Å²) in [6.07, 6.45) is 6.50. The van der Waals surface area contributed by atoms with Gasteiger partial charge in [-0.1, -0.05) is 50.2 Å². The zero-order chi connectivity index (χ0) is 19.8. The Morgan fingerprint density at radius 3 is 2.75 bits per heavy atom. The minimum Gasteiger partial charge on any atom is -0.325 e. The predicted octanol–water partition coefficient (Wildman–Crippen LogP) is 4.43. The normalized spacial score (nSPS) is 10.8. The first-order chi connectivity index (χ1) is 13.7. The molecule has 0 aliphatic carbocycles. The minimum atomic E-state index is -0.0427. The molecule has 0 spiro atoms. The lowest BCUT2D eigenvalue weighted by Gasteiger charge is -2.11. The molecule has 0 atom stereocenters. The molecule has 1 amide bonds. The maximum absolute atomic E-state index is 12.5. The number of rotatable bonds is 9. The van der Waals surface area contributed by atoms with Gasteiger partial charge in [0.1, 0.15) is 0 Å². The van der Waals surface area contributed by atoms with Crippen LogP contribution in [0.25, 0.3) is 11.4 Å². The lowest BCUT2D eigenvalue weighted by molar-refractivity contribution is -0.113. The molecule has 0 fully saturated rings. The van der Waals surface area contributed by atoms with Crippen LogP contribution in [0, 0.1) is 0 Å². The van der Waals surface area contributed by atoms with Gasteiger partial charge in [0.2, 0.25) is 5.91 Å². The molecule has 1 N–H and O–H groups in total. The van der Waals surface area contributed by atoms with Crippen LogP contribution in [0.1, 0.15) is 32.3 Å². The Bertz CT molecular complexity index is 910. The number of nitrogens with zero attached hydrogens (tertiary/aromatic N) is 4. The summed E-state index contributed by atoms with van der Waals surface area (Å²) < 4.78 is 2.08. The smallest absolute Gasteiger partial charge is 0.234 e. The topological polar surface area (TPSA) is 72.7 Å². The fraction of sp³-hybridized carbons (Fsp3) is 0.333. The van der Waals surface area contributed by atoms with Crippen LogP contribution in [0.15, 0.2) is 53.9 Å². The first-order valence-corrected chi connectivity index (χ1v) is 10.6. The summed E-state index contributed by atoms with van der Waals surface area (Å²) in [5.74, 6) is 1.04. The molecule has 0 bridgehead atoms. The lowest BCUT2D eigenvalue weighted by atomic mass is 10.1. The van der Waals surface area contributed by atoms with Gasteiger partial charge in [0.05, 0.1) is 5.75 Å². The Balaban J connectivity index is 1.71. The lowest BCUT2D eigenvalue weighted by Crippen LogP contribution is -2.16. The largest absolute Gasteiger partial charge is 0.325 e. The Labute approximate surface area is 169 Å². The number of aromatic nitrogens is 4. The second-order valence-electron chi connectivity index (χ2n) is 6.40. The van der Waals surface area contributed by atoms with Crippen LogP contribution in [0.2, 0.25) is 0 Å². The second-order valence-corrected chi connectivity index (χ2v) is 7.34. The van der Waals surface area contributed by atoms with Crippen molar-refractivity contribution in [1.29, 1.82) is 0 Å². The number of para-hydroxylation sites is 1. The van der Waals surface area contributed by atoms with Crippen LogP contribution in [0.4, 0.5) is 5.69 Å². The fourth-order valence-electron chi connectivity index (χ4n) is 2.89. The van der Waals surface area contributed by atoms with E-state index < -0.39 is 0 Å². The van der Waals surface area contributed by atoms with E-state index in [4.69, 9.17) is 0 Å². The number of hydrogen-bond acceptors (Lipinski definition) is 5. The summed E-state index contributed by atoms with van der Waals surface area (Å²) in [7, 11) is 0. The Morgan fingerprint density at radius 1 is 1.14 bits per heavy atom. The molecule has 0 saturated carbocycles. The number of hydrogen-bond donors (Lipinski definition) is 1. The van der Waals surface area contributed by atoms with Crippen molar-refractivity contribution in [2.45, 2.75) is 44.8 Å². The molecule has 1 aromatic carbocycles. The van der Waals surface area contributed by atoms with Crippen LogP contribution in [-0.4, -0.2) is 31.4 Å². The van der Waals surface area contributed by atoms with Gasteiger partial charge in [0.25, 0.3) is 0 Å². The standard InChI is InChI=1S/C21H25N5OS/c1-3-5-13-26-20(17-10-8-12-22-14-17)24-25-21(26)28-15-19(27)23-18-11-7-6-9-16(18)4-2/h6-12,14H,3-5,13,15H2,1-2H3,(H,23,27). The van der Waals surface area contributed by atoms with Gasteiger partial charge in [-0.3, -0.25) is 9.78 Å². The quantitative estimate of drug-likeness (QED) is 0.543. The van der Waals surface area contributed by atoms with Gasteiger partial charge in [0, 0.05) is 30.2 Å². The number of pyridine rings is 1. The van der Waals surface area contributed by atoms with Crippen molar-refractivity contribution in [2.75, 3.05) is 11.1 Å². The molecule has 0 unspecified atom stereocenters. The van der Waals surface area contributed by atoms with Crippen molar-refractivity contribution >= 4 is 23.4 Å². The van der Waals surface area contributed by atoms with E-state index >= 15 is 0 Å². The highest BCUT2D eigenvalue weighted by atomic mass is 32.2.